The van der Waals surface area contributed by atoms with Crippen molar-refractivity contribution in [2.45, 2.75) is 20.0 Å². The third kappa shape index (κ3) is 3.09. The van der Waals surface area contributed by atoms with Crippen LogP contribution in [0.1, 0.15) is 25.2 Å². The van der Waals surface area contributed by atoms with Crippen molar-refractivity contribution in [2.24, 2.45) is 0 Å². The molecule has 0 bridgehead atoms. The zero-order valence-corrected chi connectivity index (χ0v) is 9.55. The molecular formula is C12H13F3N2. The molecule has 0 saturated carbocycles. The van der Waals surface area contributed by atoms with Crippen LogP contribution in [0, 0.1) is 0 Å². The SMILES string of the molecule is C/C=C\C(=C/C)c1nc(C(F)(F)F)ccc1N. The van der Waals surface area contributed by atoms with Crippen molar-refractivity contribution in [1.29, 1.82) is 0 Å². The van der Waals surface area contributed by atoms with Gasteiger partial charge in [0.2, 0.25) is 0 Å². The maximum Gasteiger partial charge on any atom is 0.433 e. The first-order chi connectivity index (χ1) is 7.90. The molecule has 1 aromatic heterocycles. The van der Waals surface area contributed by atoms with E-state index in [-0.39, 0.29) is 11.4 Å². The van der Waals surface area contributed by atoms with Crippen molar-refractivity contribution in [2.75, 3.05) is 5.73 Å². The van der Waals surface area contributed by atoms with Crippen LogP contribution < -0.4 is 5.73 Å². The molecule has 0 aliphatic rings. The number of anilines is 1. The highest BCUT2D eigenvalue weighted by Gasteiger charge is 2.33. The lowest BCUT2D eigenvalue weighted by molar-refractivity contribution is -0.141. The lowest BCUT2D eigenvalue weighted by atomic mass is 10.1. The number of nitrogen functional groups attached to an aromatic ring is 1. The highest BCUT2D eigenvalue weighted by atomic mass is 19.4. The predicted molar refractivity (Wildman–Crippen MR) is 62.1 cm³/mol. The van der Waals surface area contributed by atoms with Gasteiger partial charge in [0.25, 0.3) is 0 Å². The van der Waals surface area contributed by atoms with Crippen molar-refractivity contribution in [3.8, 4) is 0 Å². The number of rotatable bonds is 2. The first-order valence-electron chi connectivity index (χ1n) is 5.03. The normalized spacial score (nSPS) is 13.4. The van der Waals surface area contributed by atoms with Gasteiger partial charge in [0.1, 0.15) is 5.69 Å². The molecule has 2 nitrogen and oxygen atoms in total. The number of allylic oxidation sites excluding steroid dienone is 4. The number of hydrogen-bond acceptors (Lipinski definition) is 2. The summed E-state index contributed by atoms with van der Waals surface area (Å²) in [5.74, 6) is 0. The van der Waals surface area contributed by atoms with Crippen LogP contribution in [0.2, 0.25) is 0 Å². The fourth-order valence-electron chi connectivity index (χ4n) is 1.35. The maximum absolute atomic E-state index is 12.5. The summed E-state index contributed by atoms with van der Waals surface area (Å²) in [5, 5.41) is 0. The molecule has 2 N–H and O–H groups in total. The Hall–Kier alpha value is -1.78. The smallest absolute Gasteiger partial charge is 0.397 e. The number of aromatic nitrogens is 1. The number of nitrogens with two attached hydrogens (primary N) is 1. The number of alkyl halides is 3. The summed E-state index contributed by atoms with van der Waals surface area (Å²) < 4.78 is 37.5. The third-order valence-electron chi connectivity index (χ3n) is 2.15. The minimum Gasteiger partial charge on any atom is -0.397 e. The summed E-state index contributed by atoms with van der Waals surface area (Å²) >= 11 is 0. The van der Waals surface area contributed by atoms with E-state index in [2.05, 4.69) is 4.98 Å². The van der Waals surface area contributed by atoms with E-state index in [0.717, 1.165) is 6.07 Å². The van der Waals surface area contributed by atoms with Crippen LogP contribution in [0.3, 0.4) is 0 Å². The number of pyridine rings is 1. The van der Waals surface area contributed by atoms with Crippen molar-refractivity contribution >= 4 is 11.3 Å². The second kappa shape index (κ2) is 5.03. The molecule has 1 heterocycles. The molecule has 0 saturated heterocycles. The Morgan fingerprint density at radius 3 is 2.41 bits per heavy atom. The van der Waals surface area contributed by atoms with Gasteiger partial charge < -0.3 is 5.73 Å². The Morgan fingerprint density at radius 2 is 1.94 bits per heavy atom. The molecule has 1 rings (SSSR count). The first-order valence-corrected chi connectivity index (χ1v) is 5.03. The van der Waals surface area contributed by atoms with Crippen LogP contribution in [-0.2, 0) is 6.18 Å². The van der Waals surface area contributed by atoms with E-state index in [1.807, 2.05) is 0 Å². The second-order valence-corrected chi connectivity index (χ2v) is 3.38. The minimum absolute atomic E-state index is 0.153. The largest absolute Gasteiger partial charge is 0.433 e. The zero-order valence-electron chi connectivity index (χ0n) is 9.55. The van der Waals surface area contributed by atoms with Gasteiger partial charge in [-0.2, -0.15) is 13.2 Å². The summed E-state index contributed by atoms with van der Waals surface area (Å²) in [6.07, 6.45) is 0.589. The van der Waals surface area contributed by atoms with Crippen LogP contribution in [0.4, 0.5) is 18.9 Å². The Kier molecular flexibility index (Phi) is 3.93. The molecule has 0 aliphatic carbocycles. The van der Waals surface area contributed by atoms with E-state index < -0.39 is 11.9 Å². The van der Waals surface area contributed by atoms with E-state index >= 15 is 0 Å². The summed E-state index contributed by atoms with van der Waals surface area (Å²) in [4.78, 5) is 3.56. The molecule has 1 aromatic rings. The summed E-state index contributed by atoms with van der Waals surface area (Å²) in [6.45, 7) is 3.49. The topological polar surface area (TPSA) is 38.9 Å². The van der Waals surface area contributed by atoms with Crippen LogP contribution in [0.15, 0.2) is 30.4 Å². The van der Waals surface area contributed by atoms with Crippen LogP contribution in [0.25, 0.3) is 5.57 Å². The fourth-order valence-corrected chi connectivity index (χ4v) is 1.35. The van der Waals surface area contributed by atoms with Gasteiger partial charge in [0.15, 0.2) is 0 Å². The van der Waals surface area contributed by atoms with E-state index in [1.165, 1.54) is 6.07 Å². The Labute approximate surface area is 97.7 Å². The van der Waals surface area contributed by atoms with Crippen LogP contribution >= 0.6 is 0 Å². The minimum atomic E-state index is -4.46. The number of nitrogens with zero attached hydrogens (tertiary/aromatic N) is 1. The van der Waals surface area contributed by atoms with Gasteiger partial charge in [0, 0.05) is 0 Å². The standard InChI is InChI=1S/C12H13F3N2/c1-3-5-8(4-2)11-9(16)6-7-10(17-11)12(13,14)15/h3-7H,16H2,1-2H3/b5-3-,8-4+. The van der Waals surface area contributed by atoms with Crippen molar-refractivity contribution < 1.29 is 13.2 Å². The summed E-state index contributed by atoms with van der Waals surface area (Å²) in [5.41, 5.74) is 5.64. The highest BCUT2D eigenvalue weighted by Crippen LogP contribution is 2.30. The molecule has 0 aliphatic heterocycles. The van der Waals surface area contributed by atoms with E-state index in [1.54, 1.807) is 32.1 Å². The van der Waals surface area contributed by atoms with Crippen molar-refractivity contribution in [1.82, 2.24) is 4.98 Å². The quantitative estimate of drug-likeness (QED) is 0.804. The molecule has 5 heteroatoms. The Bertz CT molecular complexity index is 459. The molecule has 0 unspecified atom stereocenters. The van der Waals surface area contributed by atoms with Gasteiger partial charge in [-0.15, -0.1) is 0 Å². The molecule has 0 fully saturated rings. The lowest BCUT2D eigenvalue weighted by Gasteiger charge is -2.10. The average Bonchev–Trinajstić information content (AvgIpc) is 2.25. The van der Waals surface area contributed by atoms with Gasteiger partial charge in [-0.05, 0) is 31.6 Å². The van der Waals surface area contributed by atoms with Gasteiger partial charge in [-0.3, -0.25) is 0 Å². The molecule has 0 radical (unpaired) electrons. The molecular weight excluding hydrogens is 229 g/mol. The van der Waals surface area contributed by atoms with E-state index in [9.17, 15) is 13.2 Å². The van der Waals surface area contributed by atoms with E-state index in [0.29, 0.717) is 5.57 Å². The fraction of sp³-hybridized carbons (Fsp3) is 0.250. The van der Waals surface area contributed by atoms with Gasteiger partial charge >= 0.3 is 6.18 Å². The summed E-state index contributed by atoms with van der Waals surface area (Å²) in [7, 11) is 0. The molecule has 92 valence electrons. The third-order valence-corrected chi connectivity index (χ3v) is 2.15. The average molecular weight is 242 g/mol. The van der Waals surface area contributed by atoms with Gasteiger partial charge in [0.05, 0.1) is 11.4 Å². The Morgan fingerprint density at radius 1 is 1.29 bits per heavy atom. The lowest BCUT2D eigenvalue weighted by Crippen LogP contribution is -2.10. The second-order valence-electron chi connectivity index (χ2n) is 3.38. The Balaban J connectivity index is 3.33. The molecule has 0 aromatic carbocycles. The first kappa shape index (κ1) is 13.3. The van der Waals surface area contributed by atoms with Crippen LogP contribution in [0.5, 0.6) is 0 Å². The summed E-state index contributed by atoms with van der Waals surface area (Å²) in [6, 6.07) is 2.10. The molecule has 0 spiro atoms. The van der Waals surface area contributed by atoms with Crippen LogP contribution in [-0.4, -0.2) is 4.98 Å². The highest BCUT2D eigenvalue weighted by molar-refractivity contribution is 5.78. The molecule has 0 amide bonds. The van der Waals surface area contributed by atoms with E-state index in [4.69, 9.17) is 5.73 Å². The molecule has 17 heavy (non-hydrogen) atoms. The number of hydrogen-bond donors (Lipinski definition) is 1. The molecule has 0 atom stereocenters. The van der Waals surface area contributed by atoms with Crippen molar-refractivity contribution in [3.63, 3.8) is 0 Å². The monoisotopic (exact) mass is 242 g/mol. The van der Waals surface area contributed by atoms with Gasteiger partial charge in [-0.1, -0.05) is 18.2 Å². The van der Waals surface area contributed by atoms with Gasteiger partial charge in [-0.25, -0.2) is 4.98 Å². The number of halogens is 3. The predicted octanol–water partition coefficient (Wildman–Crippen LogP) is 3.66. The zero-order chi connectivity index (χ0) is 13.1. The maximum atomic E-state index is 12.5. The van der Waals surface area contributed by atoms with Crippen molar-refractivity contribution in [3.05, 3.63) is 41.7 Å².